The molecule has 1 unspecified atom stereocenters. The van der Waals surface area contributed by atoms with Crippen LogP contribution in [0, 0.1) is 12.3 Å². The molecule has 0 aliphatic carbocycles. The van der Waals surface area contributed by atoms with Gasteiger partial charge in [0, 0.05) is 19.1 Å². The van der Waals surface area contributed by atoms with Crippen LogP contribution in [-0.4, -0.2) is 18.5 Å². The van der Waals surface area contributed by atoms with E-state index in [0.717, 1.165) is 19.5 Å². The molecule has 4 heteroatoms. The van der Waals surface area contributed by atoms with Gasteiger partial charge >= 0.3 is 0 Å². The molecule has 1 atom stereocenters. The van der Waals surface area contributed by atoms with Crippen LogP contribution in [0.1, 0.15) is 24.5 Å². The second-order valence-electron chi connectivity index (χ2n) is 4.40. The fourth-order valence-corrected chi connectivity index (χ4v) is 1.52. The molecule has 0 aromatic heterocycles. The lowest BCUT2D eigenvalue weighted by atomic mass is 10.1. The maximum atomic E-state index is 7.04. The van der Waals surface area contributed by atoms with E-state index in [2.05, 4.69) is 48.7 Å². The predicted molar refractivity (Wildman–Crippen MR) is 72.0 cm³/mol. The lowest BCUT2D eigenvalue weighted by Gasteiger charge is -2.14. The summed E-state index contributed by atoms with van der Waals surface area (Å²) in [5.41, 5.74) is 7.79. The Kier molecular flexibility index (Phi) is 5.49. The van der Waals surface area contributed by atoms with Crippen LogP contribution in [0.4, 0.5) is 0 Å². The van der Waals surface area contributed by atoms with Gasteiger partial charge in [0.05, 0.1) is 0 Å². The summed E-state index contributed by atoms with van der Waals surface area (Å²) in [6, 6.07) is 8.94. The van der Waals surface area contributed by atoms with E-state index in [9.17, 15) is 0 Å². The number of benzene rings is 1. The smallest absolute Gasteiger partial charge is 0.185 e. The summed E-state index contributed by atoms with van der Waals surface area (Å²) in [4.78, 5) is 0. The average Bonchev–Trinajstić information content (AvgIpc) is 2.28. The topological polar surface area (TPSA) is 73.9 Å². The quantitative estimate of drug-likeness (QED) is 0.443. The van der Waals surface area contributed by atoms with Crippen molar-refractivity contribution >= 4 is 5.96 Å². The first-order chi connectivity index (χ1) is 8.08. The number of guanidine groups is 1. The highest BCUT2D eigenvalue weighted by Crippen LogP contribution is 2.03. The van der Waals surface area contributed by atoms with E-state index in [0.29, 0.717) is 6.04 Å². The second-order valence-corrected chi connectivity index (χ2v) is 4.40. The molecule has 1 rings (SSSR count). The Hall–Kier alpha value is -1.55. The minimum atomic E-state index is 0.0377. The summed E-state index contributed by atoms with van der Waals surface area (Å²) in [6.45, 7) is 5.84. The first kappa shape index (κ1) is 13.5. The van der Waals surface area contributed by atoms with Crippen LogP contribution in [0.5, 0.6) is 0 Å². The predicted octanol–water partition coefficient (Wildman–Crippen LogP) is 1.35. The van der Waals surface area contributed by atoms with Crippen molar-refractivity contribution in [2.24, 2.45) is 5.73 Å². The minimum Gasteiger partial charge on any atom is -0.370 e. The summed E-state index contributed by atoms with van der Waals surface area (Å²) in [7, 11) is 0. The average molecular weight is 234 g/mol. The van der Waals surface area contributed by atoms with Gasteiger partial charge in [-0.15, -0.1) is 0 Å². The van der Waals surface area contributed by atoms with Crippen LogP contribution < -0.4 is 16.4 Å². The molecule has 0 saturated heterocycles. The summed E-state index contributed by atoms with van der Waals surface area (Å²) >= 11 is 0. The van der Waals surface area contributed by atoms with E-state index < -0.39 is 0 Å². The Morgan fingerprint density at radius 2 is 2.00 bits per heavy atom. The van der Waals surface area contributed by atoms with Crippen LogP contribution in [0.15, 0.2) is 24.3 Å². The van der Waals surface area contributed by atoms with Gasteiger partial charge in [-0.1, -0.05) is 29.8 Å². The highest BCUT2D eigenvalue weighted by Gasteiger charge is 2.01. The van der Waals surface area contributed by atoms with Gasteiger partial charge in [-0.2, -0.15) is 0 Å². The first-order valence-corrected chi connectivity index (χ1v) is 5.94. The summed E-state index contributed by atoms with van der Waals surface area (Å²) in [5, 5.41) is 13.3. The van der Waals surface area contributed by atoms with Gasteiger partial charge in [0.1, 0.15) is 0 Å². The van der Waals surface area contributed by atoms with E-state index >= 15 is 0 Å². The van der Waals surface area contributed by atoms with Gasteiger partial charge in [0.2, 0.25) is 0 Å². The molecule has 0 saturated carbocycles. The third-order valence-corrected chi connectivity index (χ3v) is 2.67. The maximum absolute atomic E-state index is 7.04. The molecule has 1 aromatic carbocycles. The highest BCUT2D eigenvalue weighted by molar-refractivity contribution is 5.74. The third-order valence-electron chi connectivity index (χ3n) is 2.67. The number of nitrogens with one attached hydrogen (secondary N) is 3. The van der Waals surface area contributed by atoms with Crippen LogP contribution >= 0.6 is 0 Å². The van der Waals surface area contributed by atoms with Gasteiger partial charge in [-0.05, 0) is 25.8 Å². The monoisotopic (exact) mass is 234 g/mol. The zero-order chi connectivity index (χ0) is 12.7. The molecule has 0 spiro atoms. The van der Waals surface area contributed by atoms with Crippen molar-refractivity contribution in [3.05, 3.63) is 35.4 Å². The van der Waals surface area contributed by atoms with Crippen molar-refractivity contribution in [2.45, 2.75) is 32.9 Å². The van der Waals surface area contributed by atoms with Crippen LogP contribution in [0.25, 0.3) is 0 Å². The Bertz CT molecular complexity index is 345. The van der Waals surface area contributed by atoms with Crippen molar-refractivity contribution in [2.75, 3.05) is 6.54 Å². The Labute approximate surface area is 103 Å². The van der Waals surface area contributed by atoms with Gasteiger partial charge in [-0.3, -0.25) is 5.41 Å². The van der Waals surface area contributed by atoms with Crippen molar-refractivity contribution in [1.29, 1.82) is 5.41 Å². The minimum absolute atomic E-state index is 0.0377. The zero-order valence-corrected chi connectivity index (χ0v) is 10.6. The Balaban J connectivity index is 2.21. The number of nitrogens with two attached hydrogens (primary N) is 1. The molecule has 0 fully saturated rings. The Morgan fingerprint density at radius 1 is 1.35 bits per heavy atom. The fourth-order valence-electron chi connectivity index (χ4n) is 1.52. The third kappa shape index (κ3) is 5.92. The first-order valence-electron chi connectivity index (χ1n) is 5.94. The summed E-state index contributed by atoms with van der Waals surface area (Å²) in [5.74, 6) is 0.0377. The van der Waals surface area contributed by atoms with Gasteiger partial charge in [0.15, 0.2) is 5.96 Å². The largest absolute Gasteiger partial charge is 0.370 e. The summed E-state index contributed by atoms with van der Waals surface area (Å²) in [6.07, 6.45) is 0.950. The van der Waals surface area contributed by atoms with Crippen LogP contribution in [0.3, 0.4) is 0 Å². The van der Waals surface area contributed by atoms with Crippen molar-refractivity contribution < 1.29 is 0 Å². The molecule has 5 N–H and O–H groups in total. The number of hydrogen-bond acceptors (Lipinski definition) is 2. The molecule has 94 valence electrons. The standard InChI is InChI=1S/C13H22N4/c1-10-3-5-12(6-4-10)9-17-11(2)7-8-16-13(14)15/h3-6,11,17H,7-9H2,1-2H3,(H4,14,15,16). The van der Waals surface area contributed by atoms with Gasteiger partial charge < -0.3 is 16.4 Å². The number of rotatable bonds is 6. The fraction of sp³-hybridized carbons (Fsp3) is 0.462. The van der Waals surface area contributed by atoms with Gasteiger partial charge in [0.25, 0.3) is 0 Å². The van der Waals surface area contributed by atoms with Crippen LogP contribution in [-0.2, 0) is 6.54 Å². The van der Waals surface area contributed by atoms with Crippen molar-refractivity contribution in [3.8, 4) is 0 Å². The Morgan fingerprint density at radius 3 is 2.59 bits per heavy atom. The molecule has 0 aliphatic rings. The molecule has 1 aromatic rings. The van der Waals surface area contributed by atoms with Crippen LogP contribution in [0.2, 0.25) is 0 Å². The van der Waals surface area contributed by atoms with E-state index in [-0.39, 0.29) is 5.96 Å². The van der Waals surface area contributed by atoms with E-state index in [1.54, 1.807) is 0 Å². The molecule has 4 nitrogen and oxygen atoms in total. The molecular formula is C13H22N4. The molecule has 0 bridgehead atoms. The number of aryl methyl sites for hydroxylation is 1. The number of hydrogen-bond donors (Lipinski definition) is 4. The highest BCUT2D eigenvalue weighted by atomic mass is 15.0. The van der Waals surface area contributed by atoms with E-state index in [1.165, 1.54) is 11.1 Å². The lowest BCUT2D eigenvalue weighted by Crippen LogP contribution is -2.35. The lowest BCUT2D eigenvalue weighted by molar-refractivity contribution is 0.510. The summed E-state index contributed by atoms with van der Waals surface area (Å²) < 4.78 is 0. The second kappa shape index (κ2) is 6.91. The molecule has 17 heavy (non-hydrogen) atoms. The molecular weight excluding hydrogens is 212 g/mol. The van der Waals surface area contributed by atoms with E-state index in [1.807, 2.05) is 0 Å². The maximum Gasteiger partial charge on any atom is 0.185 e. The van der Waals surface area contributed by atoms with E-state index in [4.69, 9.17) is 11.1 Å². The normalized spacial score (nSPS) is 12.1. The SMILES string of the molecule is Cc1ccc(CNC(C)CCNC(=N)N)cc1. The molecule has 0 radical (unpaired) electrons. The molecule has 0 aliphatic heterocycles. The molecule has 0 heterocycles. The van der Waals surface area contributed by atoms with Crippen molar-refractivity contribution in [3.63, 3.8) is 0 Å². The molecule has 0 amide bonds. The zero-order valence-electron chi connectivity index (χ0n) is 10.6. The van der Waals surface area contributed by atoms with Crippen molar-refractivity contribution in [1.82, 2.24) is 10.6 Å². The van der Waals surface area contributed by atoms with Gasteiger partial charge in [-0.25, -0.2) is 0 Å².